The number of ether oxygens (including phenoxy) is 1. The fourth-order valence-corrected chi connectivity index (χ4v) is 1.34. The van der Waals surface area contributed by atoms with Crippen LogP contribution in [0.15, 0.2) is 36.4 Å². The summed E-state index contributed by atoms with van der Waals surface area (Å²) in [7, 11) is 5.65. The van der Waals surface area contributed by atoms with Crippen molar-refractivity contribution in [2.24, 2.45) is 0 Å². The molecule has 0 aliphatic heterocycles. The van der Waals surface area contributed by atoms with Crippen molar-refractivity contribution >= 4 is 19.0 Å². The van der Waals surface area contributed by atoms with E-state index in [9.17, 15) is 8.78 Å². The van der Waals surface area contributed by atoms with E-state index in [-0.39, 0.29) is 17.0 Å². The average Bonchev–Trinajstić information content (AvgIpc) is 2.25. The van der Waals surface area contributed by atoms with Gasteiger partial charge in [-0.3, -0.25) is 0 Å². The minimum Gasteiger partial charge on any atom is -0.455 e. The minimum atomic E-state index is -0.791. The van der Waals surface area contributed by atoms with Crippen molar-refractivity contribution in [1.29, 1.82) is 0 Å². The second kappa shape index (κ2) is 4.45. The van der Waals surface area contributed by atoms with Crippen LogP contribution in [0, 0.1) is 11.6 Å². The van der Waals surface area contributed by atoms with Crippen LogP contribution in [0.4, 0.5) is 14.5 Å². The zero-order valence-corrected chi connectivity index (χ0v) is 8.78. The normalized spacial score (nSPS) is 10.2. The van der Waals surface area contributed by atoms with Crippen LogP contribution >= 0.6 is 0 Å². The quantitative estimate of drug-likeness (QED) is 0.634. The van der Waals surface area contributed by atoms with E-state index in [0.717, 1.165) is 12.1 Å². The van der Waals surface area contributed by atoms with E-state index in [1.165, 1.54) is 18.2 Å². The fraction of sp³-hybridized carbons (Fsp3) is 0. The van der Waals surface area contributed by atoms with Gasteiger partial charge in [0.15, 0.2) is 11.6 Å². The SMILES string of the molecule is [B]c1cc(N)ccc1Oc1ccc(F)cc1F. The molecule has 0 atom stereocenters. The van der Waals surface area contributed by atoms with Crippen LogP contribution < -0.4 is 15.9 Å². The van der Waals surface area contributed by atoms with Crippen molar-refractivity contribution in [3.8, 4) is 11.5 Å². The summed E-state index contributed by atoms with van der Waals surface area (Å²) in [4.78, 5) is 0. The van der Waals surface area contributed by atoms with Gasteiger partial charge >= 0.3 is 0 Å². The predicted octanol–water partition coefficient (Wildman–Crippen LogP) is 2.13. The number of anilines is 1. The van der Waals surface area contributed by atoms with Gasteiger partial charge in [-0.25, -0.2) is 8.78 Å². The van der Waals surface area contributed by atoms with Gasteiger partial charge in [-0.15, -0.1) is 0 Å². The first kappa shape index (κ1) is 11.5. The molecule has 2 aromatic carbocycles. The Morgan fingerprint density at radius 3 is 2.35 bits per heavy atom. The second-order valence-corrected chi connectivity index (χ2v) is 3.47. The van der Waals surface area contributed by atoms with E-state index >= 15 is 0 Å². The van der Waals surface area contributed by atoms with Crippen LogP contribution in [-0.2, 0) is 0 Å². The van der Waals surface area contributed by atoms with Crippen molar-refractivity contribution in [3.63, 3.8) is 0 Å². The summed E-state index contributed by atoms with van der Waals surface area (Å²) >= 11 is 0. The Morgan fingerprint density at radius 2 is 1.71 bits per heavy atom. The fourth-order valence-electron chi connectivity index (χ4n) is 1.34. The molecule has 0 aromatic heterocycles. The third-order valence-corrected chi connectivity index (χ3v) is 2.15. The van der Waals surface area contributed by atoms with E-state index in [2.05, 4.69) is 0 Å². The number of rotatable bonds is 2. The standard InChI is InChI=1S/C12H8BF2NO/c13-9-6-8(16)2-4-11(9)17-12-3-1-7(14)5-10(12)15/h1-6H,16H2. The largest absolute Gasteiger partial charge is 0.455 e. The highest BCUT2D eigenvalue weighted by Crippen LogP contribution is 2.24. The highest BCUT2D eigenvalue weighted by atomic mass is 19.1. The molecule has 0 heterocycles. The Morgan fingerprint density at radius 1 is 1.00 bits per heavy atom. The molecule has 0 amide bonds. The number of benzene rings is 2. The second-order valence-electron chi connectivity index (χ2n) is 3.47. The lowest BCUT2D eigenvalue weighted by molar-refractivity contribution is 0.440. The van der Waals surface area contributed by atoms with E-state index in [1.807, 2.05) is 0 Å². The molecule has 0 saturated heterocycles. The molecular formula is C12H8BF2NO. The van der Waals surface area contributed by atoms with E-state index in [1.54, 1.807) is 6.07 Å². The third kappa shape index (κ3) is 2.56. The summed E-state index contributed by atoms with van der Waals surface area (Å²) in [6, 6.07) is 7.63. The van der Waals surface area contributed by atoms with E-state index in [0.29, 0.717) is 5.69 Å². The van der Waals surface area contributed by atoms with Crippen LogP contribution in [0.2, 0.25) is 0 Å². The molecule has 0 spiro atoms. The molecule has 0 unspecified atom stereocenters. The van der Waals surface area contributed by atoms with E-state index < -0.39 is 11.6 Å². The van der Waals surface area contributed by atoms with Gasteiger partial charge in [-0.05, 0) is 30.3 Å². The zero-order chi connectivity index (χ0) is 12.4. The summed E-state index contributed by atoms with van der Waals surface area (Å²) in [5, 5.41) is 0. The number of halogens is 2. The maximum Gasteiger partial charge on any atom is 0.168 e. The molecule has 2 rings (SSSR count). The molecule has 84 valence electrons. The topological polar surface area (TPSA) is 35.2 Å². The lowest BCUT2D eigenvalue weighted by Gasteiger charge is -2.10. The number of hydrogen-bond donors (Lipinski definition) is 1. The van der Waals surface area contributed by atoms with Gasteiger partial charge in [0.2, 0.25) is 0 Å². The van der Waals surface area contributed by atoms with Crippen LogP contribution in [-0.4, -0.2) is 7.85 Å². The predicted molar refractivity (Wildman–Crippen MR) is 62.7 cm³/mol. The van der Waals surface area contributed by atoms with Crippen LogP contribution in [0.25, 0.3) is 0 Å². The third-order valence-electron chi connectivity index (χ3n) is 2.15. The average molecular weight is 231 g/mol. The lowest BCUT2D eigenvalue weighted by atomic mass is 9.94. The maximum atomic E-state index is 13.3. The molecule has 2 nitrogen and oxygen atoms in total. The van der Waals surface area contributed by atoms with Gasteiger partial charge in [0.1, 0.15) is 19.4 Å². The molecule has 0 saturated carbocycles. The van der Waals surface area contributed by atoms with Gasteiger partial charge in [0.25, 0.3) is 0 Å². The van der Waals surface area contributed by atoms with Gasteiger partial charge in [0, 0.05) is 11.8 Å². The van der Waals surface area contributed by atoms with Crippen LogP contribution in [0.5, 0.6) is 11.5 Å². The van der Waals surface area contributed by atoms with Crippen LogP contribution in [0.1, 0.15) is 0 Å². The Kier molecular flexibility index (Phi) is 3.00. The highest BCUT2D eigenvalue weighted by molar-refractivity contribution is 6.34. The van der Waals surface area contributed by atoms with Crippen molar-refractivity contribution in [3.05, 3.63) is 48.0 Å². The maximum absolute atomic E-state index is 13.3. The Bertz CT molecular complexity index is 511. The first-order valence-corrected chi connectivity index (χ1v) is 4.84. The lowest BCUT2D eigenvalue weighted by Crippen LogP contribution is -2.08. The summed E-state index contributed by atoms with van der Waals surface area (Å²) in [5.74, 6) is -1.28. The molecule has 2 radical (unpaired) electrons. The summed E-state index contributed by atoms with van der Waals surface area (Å²) < 4.78 is 31.2. The van der Waals surface area contributed by atoms with Gasteiger partial charge in [0.05, 0.1) is 0 Å². The first-order valence-electron chi connectivity index (χ1n) is 4.84. The Hall–Kier alpha value is -2.04. The number of hydrogen-bond acceptors (Lipinski definition) is 2. The van der Waals surface area contributed by atoms with Crippen LogP contribution in [0.3, 0.4) is 0 Å². The molecule has 0 aliphatic rings. The zero-order valence-electron chi connectivity index (χ0n) is 8.78. The van der Waals surface area contributed by atoms with Gasteiger partial charge < -0.3 is 10.5 Å². The molecule has 2 N–H and O–H groups in total. The highest BCUT2D eigenvalue weighted by Gasteiger charge is 2.07. The van der Waals surface area contributed by atoms with Crippen molar-refractivity contribution < 1.29 is 13.5 Å². The van der Waals surface area contributed by atoms with Crippen molar-refractivity contribution in [2.75, 3.05) is 5.73 Å². The molecule has 5 heteroatoms. The van der Waals surface area contributed by atoms with Crippen molar-refractivity contribution in [2.45, 2.75) is 0 Å². The number of nitrogen functional groups attached to an aromatic ring is 1. The molecule has 2 aromatic rings. The van der Waals surface area contributed by atoms with Crippen molar-refractivity contribution in [1.82, 2.24) is 0 Å². The monoisotopic (exact) mass is 231 g/mol. The Balaban J connectivity index is 2.31. The summed E-state index contributed by atoms with van der Waals surface area (Å²) in [6.07, 6.45) is 0. The molecular weight excluding hydrogens is 223 g/mol. The minimum absolute atomic E-state index is 0.0946. The molecule has 17 heavy (non-hydrogen) atoms. The van der Waals surface area contributed by atoms with Gasteiger partial charge in [-0.2, -0.15) is 0 Å². The molecule has 0 fully saturated rings. The molecule has 0 aliphatic carbocycles. The molecule has 0 bridgehead atoms. The smallest absolute Gasteiger partial charge is 0.168 e. The Labute approximate surface area is 98.4 Å². The number of nitrogens with two attached hydrogens (primary N) is 1. The summed E-state index contributed by atoms with van der Waals surface area (Å²) in [5.41, 5.74) is 6.28. The summed E-state index contributed by atoms with van der Waals surface area (Å²) in [6.45, 7) is 0. The van der Waals surface area contributed by atoms with Gasteiger partial charge in [-0.1, -0.05) is 5.46 Å². The van der Waals surface area contributed by atoms with E-state index in [4.69, 9.17) is 18.3 Å². The first-order chi connectivity index (χ1) is 8.06.